The zero-order chi connectivity index (χ0) is 20.9. The Labute approximate surface area is 168 Å². The van der Waals surface area contributed by atoms with Gasteiger partial charge in [-0.25, -0.2) is 8.42 Å². The molecule has 1 aromatic carbocycles. The van der Waals surface area contributed by atoms with Gasteiger partial charge in [0.25, 0.3) is 0 Å². The highest BCUT2D eigenvalue weighted by Gasteiger charge is 2.41. The highest BCUT2D eigenvalue weighted by Crippen LogP contribution is 2.44. The van der Waals surface area contributed by atoms with E-state index in [-0.39, 0.29) is 13.2 Å². The topological polar surface area (TPSA) is 82.1 Å². The van der Waals surface area contributed by atoms with E-state index >= 15 is 0 Å². The first kappa shape index (κ1) is 22.5. The Kier molecular flexibility index (Phi) is 7.33. The molecule has 2 rings (SSSR count). The van der Waals surface area contributed by atoms with Crippen molar-refractivity contribution in [1.29, 1.82) is 0 Å². The minimum atomic E-state index is -3.67. The Morgan fingerprint density at radius 1 is 1.32 bits per heavy atom. The van der Waals surface area contributed by atoms with Gasteiger partial charge in [0.15, 0.2) is 0 Å². The number of esters is 1. The molecule has 158 valence electrons. The van der Waals surface area contributed by atoms with Gasteiger partial charge in [0.05, 0.1) is 25.5 Å². The van der Waals surface area contributed by atoms with Crippen LogP contribution in [0.1, 0.15) is 58.6 Å². The van der Waals surface area contributed by atoms with Crippen molar-refractivity contribution < 1.29 is 27.4 Å². The molecule has 1 aliphatic heterocycles. The second kappa shape index (κ2) is 9.13. The molecule has 1 aliphatic rings. The first-order valence-corrected chi connectivity index (χ1v) is 11.5. The molecule has 1 aromatic rings. The van der Waals surface area contributed by atoms with Gasteiger partial charge in [-0.2, -0.15) is 4.31 Å². The van der Waals surface area contributed by atoms with Crippen LogP contribution in [0.25, 0.3) is 0 Å². The second-order valence-electron chi connectivity index (χ2n) is 7.60. The minimum absolute atomic E-state index is 0.196. The molecule has 0 aliphatic carbocycles. The molecule has 0 radical (unpaired) electrons. The van der Waals surface area contributed by atoms with Gasteiger partial charge in [-0.3, -0.25) is 4.79 Å². The van der Waals surface area contributed by atoms with Crippen molar-refractivity contribution in [3.8, 4) is 11.5 Å². The Morgan fingerprint density at radius 2 is 2.04 bits per heavy atom. The first-order valence-electron chi connectivity index (χ1n) is 9.65. The first-order chi connectivity index (χ1) is 13.1. The fourth-order valence-corrected chi connectivity index (χ4v) is 4.26. The summed E-state index contributed by atoms with van der Waals surface area (Å²) in [7, 11) is -3.67. The van der Waals surface area contributed by atoms with E-state index in [9.17, 15) is 13.2 Å². The fraction of sp³-hybridized carbons (Fsp3) is 0.650. The Bertz CT molecular complexity index is 790. The number of carbonyl (C=O) groups excluding carboxylic acids is 1. The monoisotopic (exact) mass is 413 g/mol. The number of carbonyl (C=O) groups is 1. The standard InChI is InChI=1S/C20H31NO6S/c1-6-8-11-26-15-9-10-18-16(12-15)17(13-20(3,4)27-18)21(28(5,23)24)14-19(22)25-7-2/h9-10,12,17H,6-8,11,13-14H2,1-5H3. The molecular formula is C20H31NO6S. The van der Waals surface area contributed by atoms with E-state index in [0.29, 0.717) is 30.1 Å². The number of hydrogen-bond acceptors (Lipinski definition) is 6. The fourth-order valence-electron chi connectivity index (χ4n) is 3.27. The number of unbranched alkanes of at least 4 members (excludes halogenated alkanes) is 1. The normalized spacial score (nSPS) is 18.3. The van der Waals surface area contributed by atoms with Gasteiger partial charge in [-0.15, -0.1) is 0 Å². The molecule has 0 saturated heterocycles. The molecule has 1 unspecified atom stereocenters. The third-order valence-electron chi connectivity index (χ3n) is 4.54. The van der Waals surface area contributed by atoms with E-state index in [4.69, 9.17) is 14.2 Å². The largest absolute Gasteiger partial charge is 0.494 e. The highest BCUT2D eigenvalue weighted by molar-refractivity contribution is 7.88. The minimum Gasteiger partial charge on any atom is -0.494 e. The number of hydrogen-bond donors (Lipinski definition) is 0. The molecule has 0 amide bonds. The maximum Gasteiger partial charge on any atom is 0.321 e. The van der Waals surface area contributed by atoms with Gasteiger partial charge in [0.2, 0.25) is 10.0 Å². The Morgan fingerprint density at radius 3 is 2.64 bits per heavy atom. The molecule has 0 spiro atoms. The van der Waals surface area contributed by atoms with Crippen molar-refractivity contribution in [2.45, 2.75) is 58.6 Å². The lowest BCUT2D eigenvalue weighted by Crippen LogP contribution is -2.45. The molecule has 1 atom stereocenters. The third-order valence-corrected chi connectivity index (χ3v) is 5.78. The van der Waals surface area contributed by atoms with Gasteiger partial charge < -0.3 is 14.2 Å². The number of benzene rings is 1. The lowest BCUT2D eigenvalue weighted by molar-refractivity contribution is -0.144. The number of sulfonamides is 1. The van der Waals surface area contributed by atoms with E-state index in [1.165, 1.54) is 4.31 Å². The SMILES string of the molecule is CCCCOc1ccc2c(c1)C(N(CC(=O)OCC)S(C)(=O)=O)CC(C)(C)O2. The summed E-state index contributed by atoms with van der Waals surface area (Å²) < 4.78 is 43.1. The second-order valence-corrected chi connectivity index (χ2v) is 9.53. The summed E-state index contributed by atoms with van der Waals surface area (Å²) in [6.07, 6.45) is 3.47. The van der Waals surface area contributed by atoms with E-state index in [2.05, 4.69) is 6.92 Å². The molecule has 0 bridgehead atoms. The maximum atomic E-state index is 12.5. The number of nitrogens with zero attached hydrogens (tertiary/aromatic N) is 1. The van der Waals surface area contributed by atoms with E-state index in [1.807, 2.05) is 26.0 Å². The van der Waals surface area contributed by atoms with Gasteiger partial charge in [0.1, 0.15) is 23.6 Å². The van der Waals surface area contributed by atoms with Crippen LogP contribution >= 0.6 is 0 Å². The summed E-state index contributed by atoms with van der Waals surface area (Å²) in [5.74, 6) is 0.681. The average Bonchev–Trinajstić information content (AvgIpc) is 2.58. The highest BCUT2D eigenvalue weighted by atomic mass is 32.2. The zero-order valence-electron chi connectivity index (χ0n) is 17.4. The summed E-state index contributed by atoms with van der Waals surface area (Å²) in [5, 5.41) is 0. The molecule has 8 heteroatoms. The average molecular weight is 414 g/mol. The maximum absolute atomic E-state index is 12.5. The Balaban J connectivity index is 2.43. The van der Waals surface area contributed by atoms with E-state index in [1.54, 1.807) is 13.0 Å². The molecule has 0 saturated carbocycles. The summed E-state index contributed by atoms with van der Waals surface area (Å²) in [6.45, 7) is 8.02. The summed E-state index contributed by atoms with van der Waals surface area (Å²) >= 11 is 0. The molecule has 28 heavy (non-hydrogen) atoms. The van der Waals surface area contributed by atoms with Crippen molar-refractivity contribution >= 4 is 16.0 Å². The summed E-state index contributed by atoms with van der Waals surface area (Å²) in [5.41, 5.74) is 0.114. The van der Waals surface area contributed by atoms with Crippen molar-refractivity contribution in [3.05, 3.63) is 23.8 Å². The molecule has 0 aromatic heterocycles. The van der Waals surface area contributed by atoms with E-state index < -0.39 is 27.6 Å². The smallest absolute Gasteiger partial charge is 0.321 e. The van der Waals surface area contributed by atoms with Crippen LogP contribution in [0, 0.1) is 0 Å². The van der Waals surface area contributed by atoms with Crippen molar-refractivity contribution in [2.75, 3.05) is 26.0 Å². The number of fused-ring (bicyclic) bond motifs is 1. The zero-order valence-corrected chi connectivity index (χ0v) is 18.2. The van der Waals surface area contributed by atoms with Gasteiger partial charge in [0, 0.05) is 12.0 Å². The van der Waals surface area contributed by atoms with Gasteiger partial charge in [-0.05, 0) is 45.4 Å². The molecule has 0 fully saturated rings. The predicted molar refractivity (Wildman–Crippen MR) is 107 cm³/mol. The molecule has 0 N–H and O–H groups in total. The molecular weight excluding hydrogens is 382 g/mol. The van der Waals surface area contributed by atoms with Crippen LogP contribution in [0.4, 0.5) is 0 Å². The number of rotatable bonds is 9. The lowest BCUT2D eigenvalue weighted by atomic mass is 9.89. The van der Waals surface area contributed by atoms with Crippen molar-refractivity contribution in [3.63, 3.8) is 0 Å². The van der Waals surface area contributed by atoms with Crippen molar-refractivity contribution in [1.82, 2.24) is 4.31 Å². The third kappa shape index (κ3) is 5.85. The predicted octanol–water partition coefficient (Wildman–Crippen LogP) is 3.29. The summed E-state index contributed by atoms with van der Waals surface area (Å²) in [6, 6.07) is 4.89. The van der Waals surface area contributed by atoms with E-state index in [0.717, 1.165) is 19.1 Å². The lowest BCUT2D eigenvalue weighted by Gasteiger charge is -2.41. The quantitative estimate of drug-likeness (QED) is 0.456. The van der Waals surface area contributed by atoms with Crippen LogP contribution in [0.3, 0.4) is 0 Å². The van der Waals surface area contributed by atoms with Crippen LogP contribution in [0.15, 0.2) is 18.2 Å². The Hall–Kier alpha value is -1.80. The molecule has 1 heterocycles. The van der Waals surface area contributed by atoms with Gasteiger partial charge in [-0.1, -0.05) is 13.3 Å². The van der Waals surface area contributed by atoms with Crippen LogP contribution < -0.4 is 9.47 Å². The summed E-state index contributed by atoms with van der Waals surface area (Å²) in [4.78, 5) is 12.1. The van der Waals surface area contributed by atoms with Crippen LogP contribution in [-0.2, 0) is 19.6 Å². The van der Waals surface area contributed by atoms with Gasteiger partial charge >= 0.3 is 5.97 Å². The van der Waals surface area contributed by atoms with Crippen LogP contribution in [0.5, 0.6) is 11.5 Å². The molecule has 7 nitrogen and oxygen atoms in total. The van der Waals surface area contributed by atoms with Crippen LogP contribution in [-0.4, -0.2) is 50.3 Å². The van der Waals surface area contributed by atoms with Crippen molar-refractivity contribution in [2.24, 2.45) is 0 Å². The van der Waals surface area contributed by atoms with Crippen LogP contribution in [0.2, 0.25) is 0 Å². The number of ether oxygens (including phenoxy) is 3.